The fraction of sp³-hybridized carbons (Fsp3) is 0.500. The highest BCUT2D eigenvalue weighted by atomic mass is 32.2. The first-order valence-corrected chi connectivity index (χ1v) is 7.58. The van der Waals surface area contributed by atoms with Gasteiger partial charge in [0.1, 0.15) is 0 Å². The second-order valence-electron chi connectivity index (χ2n) is 4.54. The van der Waals surface area contributed by atoms with Crippen LogP contribution in [0.5, 0.6) is 0 Å². The molecule has 0 bridgehead atoms. The first-order valence-electron chi connectivity index (χ1n) is 6.36. The van der Waals surface area contributed by atoms with Gasteiger partial charge in [-0.1, -0.05) is 12.1 Å². The van der Waals surface area contributed by atoms with Crippen LogP contribution in [0.2, 0.25) is 0 Å². The van der Waals surface area contributed by atoms with Gasteiger partial charge in [-0.2, -0.15) is 0 Å². The molecule has 5 heteroatoms. The zero-order valence-corrected chi connectivity index (χ0v) is 12.5. The molecule has 1 aromatic rings. The summed E-state index contributed by atoms with van der Waals surface area (Å²) >= 11 is 1.60. The number of benzene rings is 1. The number of carbonyl (C=O) groups is 1. The van der Waals surface area contributed by atoms with Crippen LogP contribution in [0.1, 0.15) is 13.8 Å². The van der Waals surface area contributed by atoms with E-state index in [1.165, 1.54) is 0 Å². The highest BCUT2D eigenvalue weighted by molar-refractivity contribution is 7.98. The number of para-hydroxylation sites is 1. The molecule has 0 heterocycles. The summed E-state index contributed by atoms with van der Waals surface area (Å²) in [6.07, 6.45) is 1.98. The second kappa shape index (κ2) is 8.19. The maximum atomic E-state index is 12.0. The van der Waals surface area contributed by atoms with Crippen molar-refractivity contribution in [3.8, 4) is 0 Å². The zero-order valence-electron chi connectivity index (χ0n) is 11.7. The lowest BCUT2D eigenvalue weighted by Gasteiger charge is -2.24. The fourth-order valence-electron chi connectivity index (χ4n) is 1.77. The minimum atomic E-state index is -0.0522. The van der Waals surface area contributed by atoms with E-state index in [-0.39, 0.29) is 18.6 Å². The van der Waals surface area contributed by atoms with Gasteiger partial charge in [-0.3, -0.25) is 9.69 Å². The Hall–Kier alpha value is -1.04. The summed E-state index contributed by atoms with van der Waals surface area (Å²) in [6.45, 7) is 4.89. The molecule has 0 aliphatic heterocycles. The molecule has 4 nitrogen and oxygen atoms in total. The topological polar surface area (TPSA) is 52.6 Å². The van der Waals surface area contributed by atoms with Crippen molar-refractivity contribution in [1.29, 1.82) is 0 Å². The third-order valence-electron chi connectivity index (χ3n) is 2.85. The number of thioether (sulfide) groups is 1. The summed E-state index contributed by atoms with van der Waals surface area (Å²) in [7, 11) is 0. The SMILES string of the molecule is CSc1ccccc1NC(=O)CN(CCO)C(C)C. The molecular weight excluding hydrogens is 260 g/mol. The van der Waals surface area contributed by atoms with Crippen LogP contribution in [0.15, 0.2) is 29.2 Å². The number of nitrogens with one attached hydrogen (secondary N) is 1. The zero-order chi connectivity index (χ0) is 14.3. The summed E-state index contributed by atoms with van der Waals surface area (Å²) in [5.74, 6) is -0.0522. The molecule has 106 valence electrons. The van der Waals surface area contributed by atoms with Gasteiger partial charge in [0.2, 0.25) is 5.91 Å². The van der Waals surface area contributed by atoms with Crippen LogP contribution in [0.4, 0.5) is 5.69 Å². The molecule has 0 unspecified atom stereocenters. The van der Waals surface area contributed by atoms with Crippen molar-refractivity contribution in [1.82, 2.24) is 4.90 Å². The predicted molar refractivity (Wildman–Crippen MR) is 80.6 cm³/mol. The first-order chi connectivity index (χ1) is 9.08. The Morgan fingerprint density at radius 2 is 2.11 bits per heavy atom. The van der Waals surface area contributed by atoms with Crippen molar-refractivity contribution < 1.29 is 9.90 Å². The largest absolute Gasteiger partial charge is 0.395 e. The Morgan fingerprint density at radius 1 is 1.42 bits per heavy atom. The Labute approximate surface area is 119 Å². The second-order valence-corrected chi connectivity index (χ2v) is 5.38. The fourth-order valence-corrected chi connectivity index (χ4v) is 2.32. The Kier molecular flexibility index (Phi) is 6.91. The summed E-state index contributed by atoms with van der Waals surface area (Å²) in [4.78, 5) is 15.0. The molecule has 0 aromatic heterocycles. The lowest BCUT2D eigenvalue weighted by atomic mass is 10.3. The monoisotopic (exact) mass is 282 g/mol. The van der Waals surface area contributed by atoms with E-state index in [9.17, 15) is 4.79 Å². The molecule has 0 spiro atoms. The highest BCUT2D eigenvalue weighted by Gasteiger charge is 2.14. The van der Waals surface area contributed by atoms with Gasteiger partial charge >= 0.3 is 0 Å². The van der Waals surface area contributed by atoms with Crippen LogP contribution in [0.25, 0.3) is 0 Å². The Morgan fingerprint density at radius 3 is 2.68 bits per heavy atom. The van der Waals surface area contributed by atoms with Gasteiger partial charge in [0, 0.05) is 17.5 Å². The number of aliphatic hydroxyl groups is 1. The van der Waals surface area contributed by atoms with Crippen LogP contribution in [0.3, 0.4) is 0 Å². The van der Waals surface area contributed by atoms with Crippen molar-refractivity contribution in [2.75, 3.05) is 31.3 Å². The van der Waals surface area contributed by atoms with Crippen LogP contribution in [-0.2, 0) is 4.79 Å². The van der Waals surface area contributed by atoms with E-state index in [0.717, 1.165) is 10.6 Å². The molecule has 0 atom stereocenters. The van der Waals surface area contributed by atoms with Crippen LogP contribution < -0.4 is 5.32 Å². The summed E-state index contributed by atoms with van der Waals surface area (Å²) in [5, 5.41) is 11.9. The van der Waals surface area contributed by atoms with E-state index in [2.05, 4.69) is 5.32 Å². The average molecular weight is 282 g/mol. The number of hydrogen-bond acceptors (Lipinski definition) is 4. The third-order valence-corrected chi connectivity index (χ3v) is 3.64. The first kappa shape index (κ1) is 16.0. The number of carbonyl (C=O) groups excluding carboxylic acids is 1. The molecule has 0 aliphatic carbocycles. The minimum absolute atomic E-state index is 0.0522. The van der Waals surface area contributed by atoms with Gasteiger partial charge in [-0.25, -0.2) is 0 Å². The number of anilines is 1. The molecule has 19 heavy (non-hydrogen) atoms. The highest BCUT2D eigenvalue weighted by Crippen LogP contribution is 2.24. The molecule has 0 fully saturated rings. The van der Waals surface area contributed by atoms with Crippen molar-refractivity contribution >= 4 is 23.4 Å². The lowest BCUT2D eigenvalue weighted by Crippen LogP contribution is -2.39. The maximum absolute atomic E-state index is 12.0. The van der Waals surface area contributed by atoms with E-state index in [1.807, 2.05) is 49.3 Å². The molecule has 0 aliphatic rings. The number of aliphatic hydroxyl groups excluding tert-OH is 1. The maximum Gasteiger partial charge on any atom is 0.238 e. The average Bonchev–Trinajstić information content (AvgIpc) is 2.38. The smallest absolute Gasteiger partial charge is 0.238 e. The number of amides is 1. The van der Waals surface area contributed by atoms with Crippen LogP contribution >= 0.6 is 11.8 Å². The molecule has 0 saturated heterocycles. The van der Waals surface area contributed by atoms with E-state index in [4.69, 9.17) is 5.11 Å². The van der Waals surface area contributed by atoms with Crippen molar-refractivity contribution in [2.45, 2.75) is 24.8 Å². The molecule has 0 saturated carbocycles. The summed E-state index contributed by atoms with van der Waals surface area (Å²) < 4.78 is 0. The van der Waals surface area contributed by atoms with Gasteiger partial charge in [-0.05, 0) is 32.2 Å². The van der Waals surface area contributed by atoms with Gasteiger partial charge in [0.05, 0.1) is 18.8 Å². The molecule has 1 amide bonds. The van der Waals surface area contributed by atoms with Gasteiger partial charge in [0.25, 0.3) is 0 Å². The third kappa shape index (κ3) is 5.22. The van der Waals surface area contributed by atoms with Gasteiger partial charge in [-0.15, -0.1) is 11.8 Å². The molecule has 1 aromatic carbocycles. The normalized spacial score (nSPS) is 11.1. The van der Waals surface area contributed by atoms with Gasteiger partial charge in [0.15, 0.2) is 0 Å². The van der Waals surface area contributed by atoms with Crippen LogP contribution in [0, 0.1) is 0 Å². The molecular formula is C14H22N2O2S. The number of nitrogens with zero attached hydrogens (tertiary/aromatic N) is 1. The molecule has 1 rings (SSSR count). The van der Waals surface area contributed by atoms with Crippen molar-refractivity contribution in [3.63, 3.8) is 0 Å². The number of rotatable bonds is 7. The summed E-state index contributed by atoms with van der Waals surface area (Å²) in [6, 6.07) is 7.97. The van der Waals surface area contributed by atoms with E-state index in [0.29, 0.717) is 13.1 Å². The van der Waals surface area contributed by atoms with Crippen molar-refractivity contribution in [3.05, 3.63) is 24.3 Å². The quantitative estimate of drug-likeness (QED) is 0.752. The van der Waals surface area contributed by atoms with Crippen molar-refractivity contribution in [2.24, 2.45) is 0 Å². The van der Waals surface area contributed by atoms with Crippen LogP contribution in [-0.4, -0.2) is 47.9 Å². The Balaban J connectivity index is 2.63. The van der Waals surface area contributed by atoms with Gasteiger partial charge < -0.3 is 10.4 Å². The minimum Gasteiger partial charge on any atom is -0.395 e. The van der Waals surface area contributed by atoms with E-state index in [1.54, 1.807) is 11.8 Å². The predicted octanol–water partition coefficient (Wildman–Crippen LogP) is 2.05. The summed E-state index contributed by atoms with van der Waals surface area (Å²) in [5.41, 5.74) is 0.840. The lowest BCUT2D eigenvalue weighted by molar-refractivity contribution is -0.117. The van der Waals surface area contributed by atoms with E-state index < -0.39 is 0 Å². The standard InChI is InChI=1S/C14H22N2O2S/c1-11(2)16(8-9-17)10-14(18)15-12-6-4-5-7-13(12)19-3/h4-7,11,17H,8-10H2,1-3H3,(H,15,18). The number of hydrogen-bond donors (Lipinski definition) is 2. The van der Waals surface area contributed by atoms with E-state index >= 15 is 0 Å². The molecule has 0 radical (unpaired) electrons. The molecule has 2 N–H and O–H groups in total. The Bertz CT molecular complexity index is 410.